The van der Waals surface area contributed by atoms with E-state index in [4.69, 9.17) is 9.84 Å². The van der Waals surface area contributed by atoms with Gasteiger partial charge in [0.15, 0.2) is 0 Å². The van der Waals surface area contributed by atoms with Gasteiger partial charge in [0.05, 0.1) is 18.8 Å². The fourth-order valence-electron chi connectivity index (χ4n) is 3.89. The number of hydrogen-bond donors (Lipinski definition) is 0. The summed E-state index contributed by atoms with van der Waals surface area (Å²) < 4.78 is 7.12. The van der Waals surface area contributed by atoms with Crippen LogP contribution in [0.25, 0.3) is 11.1 Å². The van der Waals surface area contributed by atoms with Gasteiger partial charge in [0.2, 0.25) is 0 Å². The zero-order valence-electron chi connectivity index (χ0n) is 16.2. The van der Waals surface area contributed by atoms with Crippen molar-refractivity contribution in [2.24, 2.45) is 7.05 Å². The van der Waals surface area contributed by atoms with Crippen molar-refractivity contribution >= 4 is 5.91 Å². The molecule has 6 heteroatoms. The van der Waals surface area contributed by atoms with Crippen LogP contribution in [0.5, 0.6) is 5.75 Å². The van der Waals surface area contributed by atoms with Crippen LogP contribution in [0.1, 0.15) is 41.4 Å². The molecule has 0 saturated carbocycles. The molecule has 3 aromatic rings. The second-order valence-electron chi connectivity index (χ2n) is 7.08. The van der Waals surface area contributed by atoms with E-state index < -0.39 is 0 Å². The van der Waals surface area contributed by atoms with Gasteiger partial charge < -0.3 is 9.64 Å². The fraction of sp³-hybridized carbons (Fsp3) is 0.318. The maximum Gasteiger partial charge on any atom is 0.254 e. The maximum atomic E-state index is 13.3. The molecule has 1 unspecified atom stereocenters. The van der Waals surface area contributed by atoms with E-state index in [-0.39, 0.29) is 11.9 Å². The molecule has 0 spiro atoms. The Morgan fingerprint density at radius 1 is 1.18 bits per heavy atom. The Morgan fingerprint density at radius 3 is 2.79 bits per heavy atom. The topological polar surface area (TPSA) is 60.2 Å². The van der Waals surface area contributed by atoms with Gasteiger partial charge in [-0.15, -0.1) is 0 Å². The number of hydrogen-bond acceptors (Lipinski definition) is 4. The minimum absolute atomic E-state index is 0.0231. The predicted molar refractivity (Wildman–Crippen MR) is 107 cm³/mol. The summed E-state index contributed by atoms with van der Waals surface area (Å²) in [6, 6.07) is 11.3. The quantitative estimate of drug-likeness (QED) is 0.694. The first-order chi connectivity index (χ1) is 13.7. The van der Waals surface area contributed by atoms with Crippen LogP contribution < -0.4 is 4.74 Å². The van der Waals surface area contributed by atoms with Crippen LogP contribution in [0.2, 0.25) is 0 Å². The van der Waals surface area contributed by atoms with Crippen LogP contribution in [0.4, 0.5) is 0 Å². The third-order valence-electron chi connectivity index (χ3n) is 5.24. The van der Waals surface area contributed by atoms with Crippen molar-refractivity contribution in [1.29, 1.82) is 0 Å². The van der Waals surface area contributed by atoms with Crippen LogP contribution in [0, 0.1) is 0 Å². The number of ether oxygens (including phenoxy) is 1. The van der Waals surface area contributed by atoms with E-state index in [2.05, 4.69) is 4.98 Å². The molecule has 1 aliphatic heterocycles. The summed E-state index contributed by atoms with van der Waals surface area (Å²) in [6.45, 7) is 0.729. The van der Waals surface area contributed by atoms with E-state index in [0.717, 1.165) is 42.6 Å². The van der Waals surface area contributed by atoms with Crippen LogP contribution in [-0.2, 0) is 7.05 Å². The normalized spacial score (nSPS) is 16.8. The minimum Gasteiger partial charge on any atom is -0.497 e. The Kier molecular flexibility index (Phi) is 5.10. The average molecular weight is 376 g/mol. The first-order valence-corrected chi connectivity index (χ1v) is 9.56. The highest BCUT2D eigenvalue weighted by molar-refractivity contribution is 5.95. The van der Waals surface area contributed by atoms with Crippen LogP contribution in [0.3, 0.4) is 0 Å². The summed E-state index contributed by atoms with van der Waals surface area (Å²) in [5, 5.41) is 4.75. The predicted octanol–water partition coefficient (Wildman–Crippen LogP) is 3.86. The summed E-state index contributed by atoms with van der Waals surface area (Å²) in [5.74, 6) is 0.713. The number of likely N-dealkylation sites (tertiary alicyclic amines) is 1. The van der Waals surface area contributed by atoms with Crippen molar-refractivity contribution in [3.63, 3.8) is 0 Å². The molecule has 144 valence electrons. The lowest BCUT2D eigenvalue weighted by Crippen LogP contribution is -2.39. The van der Waals surface area contributed by atoms with Gasteiger partial charge in [-0.05, 0) is 55.2 Å². The van der Waals surface area contributed by atoms with E-state index >= 15 is 0 Å². The third-order valence-corrected chi connectivity index (χ3v) is 5.24. The molecule has 1 aromatic carbocycles. The molecule has 1 saturated heterocycles. The van der Waals surface area contributed by atoms with Gasteiger partial charge in [-0.25, -0.2) is 0 Å². The number of methoxy groups -OCH3 is 1. The molecule has 0 bridgehead atoms. The lowest BCUT2D eigenvalue weighted by atomic mass is 9.94. The Morgan fingerprint density at radius 2 is 2.00 bits per heavy atom. The van der Waals surface area contributed by atoms with Gasteiger partial charge in [-0.3, -0.25) is 14.5 Å². The molecule has 1 atom stereocenters. The summed E-state index contributed by atoms with van der Waals surface area (Å²) in [4.78, 5) is 19.4. The zero-order chi connectivity index (χ0) is 19.5. The molecule has 6 nitrogen and oxygen atoms in total. The smallest absolute Gasteiger partial charge is 0.254 e. The first kappa shape index (κ1) is 18.2. The number of amides is 1. The molecule has 0 radical (unpaired) electrons. The van der Waals surface area contributed by atoms with Crippen molar-refractivity contribution in [2.75, 3.05) is 13.7 Å². The standard InChI is InChI=1S/C22H24N4O2/c1-25-15-19(16-9-11-23-12-10-16)21(24-25)20-8-3-4-13-26(20)22(27)17-6-5-7-18(14-17)28-2/h5-7,9-12,14-15,20H,3-4,8,13H2,1-2H3. The first-order valence-electron chi connectivity index (χ1n) is 9.56. The van der Waals surface area contributed by atoms with Crippen molar-refractivity contribution in [3.8, 4) is 16.9 Å². The fourth-order valence-corrected chi connectivity index (χ4v) is 3.89. The Labute approximate surface area is 164 Å². The van der Waals surface area contributed by atoms with Crippen LogP contribution in [-0.4, -0.2) is 39.2 Å². The number of nitrogens with zero attached hydrogens (tertiary/aromatic N) is 4. The average Bonchev–Trinajstić information content (AvgIpc) is 3.15. The monoisotopic (exact) mass is 376 g/mol. The number of benzene rings is 1. The molecular formula is C22H24N4O2. The third kappa shape index (κ3) is 3.50. The Bertz CT molecular complexity index is 968. The molecule has 0 N–H and O–H groups in total. The Balaban J connectivity index is 1.71. The number of piperidine rings is 1. The number of carbonyl (C=O) groups excluding carboxylic acids is 1. The summed E-state index contributed by atoms with van der Waals surface area (Å²) in [6.07, 6.45) is 8.58. The minimum atomic E-state index is -0.0446. The lowest BCUT2D eigenvalue weighted by Gasteiger charge is -2.35. The zero-order valence-corrected chi connectivity index (χ0v) is 16.2. The summed E-state index contributed by atoms with van der Waals surface area (Å²) in [5.41, 5.74) is 3.72. The molecule has 3 heterocycles. The van der Waals surface area contributed by atoms with Gasteiger partial charge >= 0.3 is 0 Å². The second kappa shape index (κ2) is 7.84. The van der Waals surface area contributed by atoms with Crippen molar-refractivity contribution < 1.29 is 9.53 Å². The number of pyridine rings is 1. The highest BCUT2D eigenvalue weighted by Gasteiger charge is 2.32. The van der Waals surface area contributed by atoms with Crippen LogP contribution >= 0.6 is 0 Å². The molecule has 4 rings (SSSR count). The van der Waals surface area contributed by atoms with Gasteiger partial charge in [-0.1, -0.05) is 6.07 Å². The number of aryl methyl sites for hydroxylation is 1. The largest absolute Gasteiger partial charge is 0.497 e. The SMILES string of the molecule is COc1cccc(C(=O)N2CCCCC2c2nn(C)cc2-c2ccncc2)c1. The van der Waals surface area contributed by atoms with E-state index in [0.29, 0.717) is 11.3 Å². The summed E-state index contributed by atoms with van der Waals surface area (Å²) >= 11 is 0. The van der Waals surface area contributed by atoms with E-state index in [1.54, 1.807) is 25.6 Å². The summed E-state index contributed by atoms with van der Waals surface area (Å²) in [7, 11) is 3.54. The van der Waals surface area contributed by atoms with Crippen molar-refractivity contribution in [2.45, 2.75) is 25.3 Å². The molecule has 28 heavy (non-hydrogen) atoms. The van der Waals surface area contributed by atoms with E-state index in [1.165, 1.54) is 0 Å². The highest BCUT2D eigenvalue weighted by Crippen LogP contribution is 2.36. The van der Waals surface area contributed by atoms with Gasteiger partial charge in [0.1, 0.15) is 5.75 Å². The highest BCUT2D eigenvalue weighted by atomic mass is 16.5. The van der Waals surface area contributed by atoms with E-state index in [1.807, 2.05) is 53.2 Å². The molecule has 2 aromatic heterocycles. The van der Waals surface area contributed by atoms with E-state index in [9.17, 15) is 4.79 Å². The molecule has 1 amide bonds. The number of rotatable bonds is 4. The number of carbonyl (C=O) groups is 1. The molecular weight excluding hydrogens is 352 g/mol. The molecule has 1 aliphatic rings. The molecule has 0 aliphatic carbocycles. The molecule has 1 fully saturated rings. The number of aromatic nitrogens is 3. The van der Waals surface area contributed by atoms with Crippen molar-refractivity contribution in [1.82, 2.24) is 19.7 Å². The van der Waals surface area contributed by atoms with Gasteiger partial charge in [0.25, 0.3) is 5.91 Å². The second-order valence-corrected chi connectivity index (χ2v) is 7.08. The Hall–Kier alpha value is -3.15. The lowest BCUT2D eigenvalue weighted by molar-refractivity contribution is 0.0605. The van der Waals surface area contributed by atoms with Crippen molar-refractivity contribution in [3.05, 3.63) is 66.2 Å². The van der Waals surface area contributed by atoms with Crippen LogP contribution in [0.15, 0.2) is 55.0 Å². The maximum absolute atomic E-state index is 13.3. The van der Waals surface area contributed by atoms with Gasteiger partial charge in [0, 0.05) is 43.3 Å². The van der Waals surface area contributed by atoms with Gasteiger partial charge in [-0.2, -0.15) is 5.10 Å².